The van der Waals surface area contributed by atoms with Gasteiger partial charge in [0.05, 0.1) is 25.5 Å². The molecule has 1 atom stereocenters. The maximum Gasteiger partial charge on any atom is 0.340 e. The van der Waals surface area contributed by atoms with Gasteiger partial charge in [-0.25, -0.2) is 4.79 Å². The molecule has 3 rings (SSSR count). The number of carboxylic acids is 1. The zero-order chi connectivity index (χ0) is 19.3. The van der Waals surface area contributed by atoms with Crippen molar-refractivity contribution in [1.82, 2.24) is 4.57 Å². The third-order valence-corrected chi connectivity index (χ3v) is 5.32. The van der Waals surface area contributed by atoms with E-state index >= 15 is 0 Å². The summed E-state index contributed by atoms with van der Waals surface area (Å²) in [6, 6.07) is 1.44. The highest BCUT2D eigenvalue weighted by molar-refractivity contribution is 5.79. The van der Waals surface area contributed by atoms with E-state index in [-0.39, 0.29) is 23.0 Å². The van der Waals surface area contributed by atoms with Crippen LogP contribution in [-0.4, -0.2) is 39.1 Å². The van der Waals surface area contributed by atoms with Crippen molar-refractivity contribution in [3.63, 3.8) is 0 Å². The fourth-order valence-electron chi connectivity index (χ4n) is 3.59. The van der Waals surface area contributed by atoms with Gasteiger partial charge in [-0.2, -0.15) is 0 Å². The lowest BCUT2D eigenvalue weighted by molar-refractivity contribution is -0.306. The molecule has 26 heavy (non-hydrogen) atoms. The monoisotopic (exact) mass is 367 g/mol. The molecule has 144 valence electrons. The lowest BCUT2D eigenvalue weighted by atomic mass is 9.87. The largest absolute Gasteiger partial charge is 0.479 e. The van der Waals surface area contributed by atoms with Crippen LogP contribution in [0.25, 0.3) is 0 Å². The smallest absolute Gasteiger partial charge is 0.340 e. The number of hydrogen-bond acceptors (Lipinski definition) is 6. The number of aliphatic hydroxyl groups excluding tert-OH is 1. The first-order valence-electron chi connectivity index (χ1n) is 8.72. The Balaban J connectivity index is 2.19. The number of carbonyl (C=O) groups is 1. The van der Waals surface area contributed by atoms with E-state index in [1.807, 2.05) is 13.8 Å². The number of aliphatic hydroxyl groups is 2. The molecule has 0 aliphatic carbocycles. The number of fused-ring (bicyclic) bond motifs is 2. The minimum atomic E-state index is -2.27. The summed E-state index contributed by atoms with van der Waals surface area (Å²) in [6.07, 6.45) is 0.254. The molecule has 1 spiro atoms. The molecule has 3 N–H and O–H groups in total. The Labute approximate surface area is 151 Å². The van der Waals surface area contributed by atoms with Crippen LogP contribution in [0.3, 0.4) is 0 Å². The van der Waals surface area contributed by atoms with Gasteiger partial charge in [0.15, 0.2) is 5.60 Å². The van der Waals surface area contributed by atoms with Gasteiger partial charge in [-0.3, -0.25) is 4.79 Å². The minimum Gasteiger partial charge on any atom is -0.479 e. The average Bonchev–Trinajstić information content (AvgIpc) is 2.96. The van der Waals surface area contributed by atoms with Crippen molar-refractivity contribution in [2.45, 2.75) is 58.2 Å². The second-order valence-electron chi connectivity index (χ2n) is 7.80. The van der Waals surface area contributed by atoms with E-state index in [4.69, 9.17) is 9.47 Å². The van der Waals surface area contributed by atoms with E-state index in [0.717, 1.165) is 0 Å². The van der Waals surface area contributed by atoms with Crippen molar-refractivity contribution in [3.05, 3.63) is 33.2 Å². The van der Waals surface area contributed by atoms with Crippen LogP contribution in [0, 0.1) is 5.41 Å². The Morgan fingerprint density at radius 1 is 1.35 bits per heavy atom. The van der Waals surface area contributed by atoms with Crippen LogP contribution >= 0.6 is 0 Å². The summed E-state index contributed by atoms with van der Waals surface area (Å²) in [5.41, 5.74) is -2.80. The molecular formula is C18H25NO7. The van der Waals surface area contributed by atoms with Crippen molar-refractivity contribution in [3.8, 4) is 0 Å². The first kappa shape index (κ1) is 19.0. The number of pyridine rings is 1. The van der Waals surface area contributed by atoms with Crippen molar-refractivity contribution in [1.29, 1.82) is 0 Å². The molecular weight excluding hydrogens is 342 g/mol. The highest BCUT2D eigenvalue weighted by atomic mass is 16.7. The van der Waals surface area contributed by atoms with Gasteiger partial charge >= 0.3 is 5.97 Å². The third-order valence-electron chi connectivity index (χ3n) is 5.32. The predicted molar refractivity (Wildman–Crippen MR) is 90.4 cm³/mol. The number of aliphatic carboxylic acids is 1. The van der Waals surface area contributed by atoms with E-state index in [0.29, 0.717) is 31.9 Å². The summed E-state index contributed by atoms with van der Waals surface area (Å²) >= 11 is 0. The highest BCUT2D eigenvalue weighted by Gasteiger charge is 2.49. The summed E-state index contributed by atoms with van der Waals surface area (Å²) < 4.78 is 13.4. The Morgan fingerprint density at radius 2 is 1.96 bits per heavy atom. The molecule has 1 aromatic rings. The number of aromatic nitrogens is 1. The van der Waals surface area contributed by atoms with Gasteiger partial charge in [0.25, 0.3) is 5.56 Å². The predicted octanol–water partition coefficient (Wildman–Crippen LogP) is 0.652. The summed E-state index contributed by atoms with van der Waals surface area (Å²) in [4.78, 5) is 24.5. The second-order valence-corrected chi connectivity index (χ2v) is 7.80. The summed E-state index contributed by atoms with van der Waals surface area (Å²) in [6.45, 7) is 6.03. The van der Waals surface area contributed by atoms with Crippen LogP contribution in [0.15, 0.2) is 10.9 Å². The maximum absolute atomic E-state index is 12.8. The molecule has 1 fully saturated rings. The summed E-state index contributed by atoms with van der Waals surface area (Å²) in [7, 11) is 0. The maximum atomic E-state index is 12.8. The fourth-order valence-corrected chi connectivity index (χ4v) is 3.59. The van der Waals surface area contributed by atoms with Gasteiger partial charge in [0.1, 0.15) is 0 Å². The van der Waals surface area contributed by atoms with Crippen LogP contribution in [0.5, 0.6) is 0 Å². The number of hydrogen-bond donors (Lipinski definition) is 3. The summed E-state index contributed by atoms with van der Waals surface area (Å²) in [5.74, 6) is -2.61. The lowest BCUT2D eigenvalue weighted by Gasteiger charge is -2.41. The third kappa shape index (κ3) is 2.68. The van der Waals surface area contributed by atoms with Crippen molar-refractivity contribution in [2.24, 2.45) is 5.41 Å². The van der Waals surface area contributed by atoms with Crippen LogP contribution < -0.4 is 5.56 Å². The average molecular weight is 367 g/mol. The van der Waals surface area contributed by atoms with Gasteiger partial charge in [0.2, 0.25) is 5.79 Å². The van der Waals surface area contributed by atoms with E-state index in [1.165, 1.54) is 17.6 Å². The number of carboxylic acid groups (broad SMARTS) is 1. The van der Waals surface area contributed by atoms with E-state index < -0.39 is 29.5 Å². The Bertz CT molecular complexity index is 787. The molecule has 3 heterocycles. The lowest BCUT2D eigenvalue weighted by Crippen LogP contribution is -2.46. The first-order chi connectivity index (χ1) is 12.1. The standard InChI is InChI=1S/C18H25NO7/c1-4-17(24,15(22)23)12-7-13-18(25-9-16(2,3)10-26-18)5-6-19(13)14(21)11(12)8-20/h7,20,24H,4-6,8-10H2,1-3H3,(H,22,23). The van der Waals surface area contributed by atoms with Gasteiger partial charge < -0.3 is 29.4 Å². The van der Waals surface area contributed by atoms with Gasteiger partial charge in [-0.15, -0.1) is 0 Å². The van der Waals surface area contributed by atoms with Crippen LogP contribution in [0.1, 0.15) is 50.4 Å². The number of rotatable bonds is 4. The Kier molecular flexibility index (Phi) is 4.51. The molecule has 2 aliphatic heterocycles. The SMILES string of the molecule is CCC(O)(C(=O)O)c1cc2n(c(=O)c1CO)CCC21OCC(C)(C)CO1. The second kappa shape index (κ2) is 6.16. The quantitative estimate of drug-likeness (QED) is 0.715. The van der Waals surface area contributed by atoms with Crippen LogP contribution in [0.2, 0.25) is 0 Å². The van der Waals surface area contributed by atoms with Gasteiger partial charge in [-0.1, -0.05) is 20.8 Å². The normalized spacial score (nSPS) is 22.8. The highest BCUT2D eigenvalue weighted by Crippen LogP contribution is 2.43. The van der Waals surface area contributed by atoms with E-state index in [1.54, 1.807) is 0 Å². The fraction of sp³-hybridized carbons (Fsp3) is 0.667. The van der Waals surface area contributed by atoms with Crippen molar-refractivity contribution in [2.75, 3.05) is 13.2 Å². The molecule has 8 nitrogen and oxygen atoms in total. The van der Waals surface area contributed by atoms with E-state index in [2.05, 4.69) is 0 Å². The van der Waals surface area contributed by atoms with Crippen molar-refractivity contribution >= 4 is 5.97 Å². The molecule has 0 radical (unpaired) electrons. The molecule has 2 aliphatic rings. The van der Waals surface area contributed by atoms with Gasteiger partial charge in [0, 0.05) is 29.5 Å². The van der Waals surface area contributed by atoms with Gasteiger partial charge in [-0.05, 0) is 12.5 Å². The number of ether oxygens (including phenoxy) is 2. The molecule has 0 saturated carbocycles. The molecule has 0 amide bonds. The minimum absolute atomic E-state index is 0.107. The molecule has 0 aromatic carbocycles. The molecule has 8 heteroatoms. The summed E-state index contributed by atoms with van der Waals surface area (Å²) in [5, 5.41) is 29.8. The van der Waals surface area contributed by atoms with E-state index in [9.17, 15) is 24.9 Å². The molecule has 1 unspecified atom stereocenters. The Hall–Kier alpha value is -1.74. The zero-order valence-corrected chi connectivity index (χ0v) is 15.2. The number of nitrogens with zero attached hydrogens (tertiary/aromatic N) is 1. The van der Waals surface area contributed by atoms with Crippen molar-refractivity contribution < 1.29 is 29.6 Å². The molecule has 1 saturated heterocycles. The molecule has 1 aromatic heterocycles. The Morgan fingerprint density at radius 3 is 2.46 bits per heavy atom. The van der Waals surface area contributed by atoms with Crippen LogP contribution in [-0.2, 0) is 38.8 Å². The zero-order valence-electron chi connectivity index (χ0n) is 15.2. The molecule has 0 bridgehead atoms. The first-order valence-corrected chi connectivity index (χ1v) is 8.72. The topological polar surface area (TPSA) is 118 Å². The van der Waals surface area contributed by atoms with Crippen LogP contribution in [0.4, 0.5) is 0 Å².